The van der Waals surface area contributed by atoms with E-state index in [-0.39, 0.29) is 6.04 Å². The summed E-state index contributed by atoms with van der Waals surface area (Å²) in [4.78, 5) is 10.5. The number of anilines is 1. The van der Waals surface area contributed by atoms with Crippen molar-refractivity contribution in [3.05, 3.63) is 17.5 Å². The van der Waals surface area contributed by atoms with Crippen molar-refractivity contribution in [1.29, 1.82) is 5.26 Å². The minimum Gasteiger partial charge on any atom is -0.339 e. The van der Waals surface area contributed by atoms with Gasteiger partial charge in [-0.25, -0.2) is 9.97 Å². The lowest BCUT2D eigenvalue weighted by molar-refractivity contribution is 0.750. The second-order valence-corrected chi connectivity index (χ2v) is 3.80. The molecule has 1 aromatic rings. The van der Waals surface area contributed by atoms with Crippen LogP contribution in [0.2, 0.25) is 0 Å². The molecule has 5 nitrogen and oxygen atoms in total. The fourth-order valence-corrected chi connectivity index (χ4v) is 1.72. The van der Waals surface area contributed by atoms with Crippen LogP contribution in [0.25, 0.3) is 0 Å². The van der Waals surface area contributed by atoms with Crippen LogP contribution in [-0.2, 0) is 0 Å². The van der Waals surface area contributed by atoms with E-state index in [1.165, 1.54) is 0 Å². The van der Waals surface area contributed by atoms with Crippen molar-refractivity contribution >= 4 is 5.95 Å². The molecule has 0 aliphatic carbocycles. The van der Waals surface area contributed by atoms with Gasteiger partial charge in [0.15, 0.2) is 0 Å². The van der Waals surface area contributed by atoms with E-state index in [9.17, 15) is 0 Å². The number of hydrogen-bond acceptors (Lipinski definition) is 5. The van der Waals surface area contributed by atoms with Gasteiger partial charge >= 0.3 is 0 Å². The SMILES string of the molecule is Cc1cc(C#N)nc(N2CCC(N)C2)n1. The number of aromatic nitrogens is 2. The zero-order chi connectivity index (χ0) is 10.8. The molecule has 0 bridgehead atoms. The van der Waals surface area contributed by atoms with Gasteiger partial charge in [-0.05, 0) is 19.4 Å². The van der Waals surface area contributed by atoms with Gasteiger partial charge in [-0.1, -0.05) is 0 Å². The summed E-state index contributed by atoms with van der Waals surface area (Å²) < 4.78 is 0. The molecule has 1 aromatic heterocycles. The monoisotopic (exact) mass is 203 g/mol. The van der Waals surface area contributed by atoms with Crippen molar-refractivity contribution in [2.45, 2.75) is 19.4 Å². The number of aryl methyl sites for hydroxylation is 1. The van der Waals surface area contributed by atoms with Crippen LogP contribution in [-0.4, -0.2) is 29.1 Å². The number of nitrogens with zero attached hydrogens (tertiary/aromatic N) is 4. The van der Waals surface area contributed by atoms with E-state index in [0.29, 0.717) is 11.6 Å². The van der Waals surface area contributed by atoms with Gasteiger partial charge in [0.2, 0.25) is 5.95 Å². The quantitative estimate of drug-likeness (QED) is 0.705. The van der Waals surface area contributed by atoms with E-state index in [1.54, 1.807) is 6.07 Å². The third-order valence-electron chi connectivity index (χ3n) is 2.46. The molecular formula is C10H13N5. The molecule has 1 aliphatic heterocycles. The van der Waals surface area contributed by atoms with Gasteiger partial charge in [-0.2, -0.15) is 5.26 Å². The van der Waals surface area contributed by atoms with Crippen LogP contribution in [0, 0.1) is 18.3 Å². The predicted octanol–water partition coefficient (Wildman–Crippen LogP) is 0.194. The summed E-state index contributed by atoms with van der Waals surface area (Å²) in [5.41, 5.74) is 7.04. The summed E-state index contributed by atoms with van der Waals surface area (Å²) in [6, 6.07) is 3.91. The maximum Gasteiger partial charge on any atom is 0.226 e. The molecule has 1 atom stereocenters. The van der Waals surface area contributed by atoms with Gasteiger partial charge in [0.25, 0.3) is 0 Å². The van der Waals surface area contributed by atoms with E-state index < -0.39 is 0 Å². The first kappa shape index (κ1) is 9.87. The maximum absolute atomic E-state index is 8.80. The van der Waals surface area contributed by atoms with Crippen molar-refractivity contribution in [3.63, 3.8) is 0 Å². The Labute approximate surface area is 88.5 Å². The Bertz CT molecular complexity index is 409. The first-order valence-electron chi connectivity index (χ1n) is 4.95. The largest absolute Gasteiger partial charge is 0.339 e. The van der Waals surface area contributed by atoms with Crippen LogP contribution < -0.4 is 10.6 Å². The molecule has 15 heavy (non-hydrogen) atoms. The zero-order valence-electron chi connectivity index (χ0n) is 8.64. The number of nitrogens with two attached hydrogens (primary N) is 1. The summed E-state index contributed by atoms with van der Waals surface area (Å²) >= 11 is 0. The highest BCUT2D eigenvalue weighted by molar-refractivity contribution is 5.37. The van der Waals surface area contributed by atoms with E-state index in [2.05, 4.69) is 9.97 Å². The lowest BCUT2D eigenvalue weighted by Gasteiger charge is -2.15. The molecule has 0 aromatic carbocycles. The van der Waals surface area contributed by atoms with Crippen molar-refractivity contribution < 1.29 is 0 Å². The van der Waals surface area contributed by atoms with Gasteiger partial charge in [0.1, 0.15) is 11.8 Å². The van der Waals surface area contributed by atoms with Gasteiger partial charge in [-0.15, -0.1) is 0 Å². The summed E-state index contributed by atoms with van der Waals surface area (Å²) in [6.07, 6.45) is 0.958. The average molecular weight is 203 g/mol. The topological polar surface area (TPSA) is 78.8 Å². The molecule has 2 rings (SSSR count). The van der Waals surface area contributed by atoms with Gasteiger partial charge < -0.3 is 10.6 Å². The molecule has 1 aliphatic rings. The Morgan fingerprint density at radius 2 is 2.40 bits per heavy atom. The Kier molecular flexibility index (Phi) is 2.52. The first-order chi connectivity index (χ1) is 7.19. The Morgan fingerprint density at radius 1 is 1.60 bits per heavy atom. The predicted molar refractivity (Wildman–Crippen MR) is 56.3 cm³/mol. The molecule has 0 saturated carbocycles. The Balaban J connectivity index is 2.29. The zero-order valence-corrected chi connectivity index (χ0v) is 8.64. The molecule has 1 fully saturated rings. The summed E-state index contributed by atoms with van der Waals surface area (Å²) in [5, 5.41) is 8.80. The summed E-state index contributed by atoms with van der Waals surface area (Å²) in [5.74, 6) is 0.625. The fraction of sp³-hybridized carbons (Fsp3) is 0.500. The molecule has 2 heterocycles. The van der Waals surface area contributed by atoms with Gasteiger partial charge in [0.05, 0.1) is 0 Å². The highest BCUT2D eigenvalue weighted by Crippen LogP contribution is 2.15. The van der Waals surface area contributed by atoms with Crippen molar-refractivity contribution in [1.82, 2.24) is 9.97 Å². The minimum atomic E-state index is 0.194. The Hall–Kier alpha value is -1.67. The minimum absolute atomic E-state index is 0.194. The van der Waals surface area contributed by atoms with Crippen molar-refractivity contribution in [2.24, 2.45) is 5.73 Å². The molecule has 0 radical (unpaired) electrons. The molecule has 5 heteroatoms. The van der Waals surface area contributed by atoms with Crippen molar-refractivity contribution in [3.8, 4) is 6.07 Å². The van der Waals surface area contributed by atoms with Gasteiger partial charge in [-0.3, -0.25) is 0 Å². The molecule has 78 valence electrons. The van der Waals surface area contributed by atoms with Crippen LogP contribution in [0.1, 0.15) is 17.8 Å². The van der Waals surface area contributed by atoms with Gasteiger partial charge in [0, 0.05) is 24.8 Å². The standard InChI is InChI=1S/C10H13N5/c1-7-4-9(5-11)14-10(13-7)15-3-2-8(12)6-15/h4,8H,2-3,6,12H2,1H3. The van der Waals surface area contributed by atoms with Crippen LogP contribution in [0.15, 0.2) is 6.07 Å². The Morgan fingerprint density at radius 3 is 3.00 bits per heavy atom. The van der Waals surface area contributed by atoms with E-state index >= 15 is 0 Å². The highest BCUT2D eigenvalue weighted by atomic mass is 15.3. The molecular weight excluding hydrogens is 190 g/mol. The lowest BCUT2D eigenvalue weighted by Crippen LogP contribution is -2.27. The number of hydrogen-bond donors (Lipinski definition) is 1. The number of rotatable bonds is 1. The van der Waals surface area contributed by atoms with Crippen LogP contribution in [0.5, 0.6) is 0 Å². The third-order valence-corrected chi connectivity index (χ3v) is 2.46. The second kappa shape index (κ2) is 3.83. The van der Waals surface area contributed by atoms with Crippen molar-refractivity contribution in [2.75, 3.05) is 18.0 Å². The second-order valence-electron chi connectivity index (χ2n) is 3.80. The summed E-state index contributed by atoms with van der Waals surface area (Å²) in [6.45, 7) is 3.51. The molecule has 0 amide bonds. The average Bonchev–Trinajstić information content (AvgIpc) is 2.64. The maximum atomic E-state index is 8.80. The van der Waals surface area contributed by atoms with Crippen LogP contribution in [0.4, 0.5) is 5.95 Å². The fourth-order valence-electron chi connectivity index (χ4n) is 1.72. The van der Waals surface area contributed by atoms with Crippen LogP contribution >= 0.6 is 0 Å². The summed E-state index contributed by atoms with van der Waals surface area (Å²) in [7, 11) is 0. The smallest absolute Gasteiger partial charge is 0.226 e. The first-order valence-corrected chi connectivity index (χ1v) is 4.95. The van der Waals surface area contributed by atoms with E-state index in [1.807, 2.05) is 17.9 Å². The highest BCUT2D eigenvalue weighted by Gasteiger charge is 2.21. The van der Waals surface area contributed by atoms with Crippen LogP contribution in [0.3, 0.4) is 0 Å². The molecule has 1 saturated heterocycles. The van der Waals surface area contributed by atoms with E-state index in [0.717, 1.165) is 25.2 Å². The normalized spacial score (nSPS) is 20.3. The molecule has 0 spiro atoms. The lowest BCUT2D eigenvalue weighted by atomic mass is 10.3. The number of nitriles is 1. The molecule has 1 unspecified atom stereocenters. The van der Waals surface area contributed by atoms with E-state index in [4.69, 9.17) is 11.0 Å². The molecule has 2 N–H and O–H groups in total. The third kappa shape index (κ3) is 2.05.